The standard InChI is InChI=1S/C12H22N2O4S/c1-12(2,3)8-9(13-14-11(16)18-5)19-7-6-10(15)17-4/h6-8H2,1-5H3,(H,14,16)/b13-9-. The second kappa shape index (κ2) is 8.79. The molecule has 0 heterocycles. The molecule has 0 saturated heterocycles. The maximum atomic E-state index is 11.0. The molecule has 0 aromatic rings. The molecule has 0 rings (SSSR count). The summed E-state index contributed by atoms with van der Waals surface area (Å²) in [5.41, 5.74) is 2.33. The third kappa shape index (κ3) is 10.4. The van der Waals surface area contributed by atoms with Crippen LogP contribution in [-0.4, -0.2) is 37.1 Å². The number of carbonyl (C=O) groups is 2. The molecule has 7 heteroatoms. The average molecular weight is 290 g/mol. The number of hydrogen-bond acceptors (Lipinski definition) is 6. The van der Waals surface area contributed by atoms with E-state index in [2.05, 4.69) is 40.8 Å². The minimum atomic E-state index is -0.611. The number of amides is 1. The van der Waals surface area contributed by atoms with E-state index in [-0.39, 0.29) is 11.4 Å². The first-order valence-corrected chi connectivity index (χ1v) is 6.87. The Balaban J connectivity index is 4.41. The first kappa shape index (κ1) is 17.8. The molecule has 0 aliphatic carbocycles. The molecule has 1 amide bonds. The fourth-order valence-corrected chi connectivity index (χ4v) is 2.23. The van der Waals surface area contributed by atoms with Crippen molar-refractivity contribution >= 4 is 28.9 Å². The van der Waals surface area contributed by atoms with Crippen LogP contribution in [0.15, 0.2) is 5.10 Å². The summed E-state index contributed by atoms with van der Waals surface area (Å²) in [6, 6.07) is 0. The summed E-state index contributed by atoms with van der Waals surface area (Å²) in [7, 11) is 2.63. The van der Waals surface area contributed by atoms with Gasteiger partial charge < -0.3 is 9.47 Å². The van der Waals surface area contributed by atoms with E-state index < -0.39 is 6.09 Å². The maximum Gasteiger partial charge on any atom is 0.427 e. The first-order valence-electron chi connectivity index (χ1n) is 5.88. The predicted octanol–water partition coefficient (Wildman–Crippen LogP) is 2.39. The quantitative estimate of drug-likeness (QED) is 0.364. The lowest BCUT2D eigenvalue weighted by Gasteiger charge is -2.18. The molecule has 0 radical (unpaired) electrons. The van der Waals surface area contributed by atoms with Crippen LogP contribution in [0.1, 0.15) is 33.6 Å². The second-order valence-electron chi connectivity index (χ2n) is 5.02. The third-order valence-electron chi connectivity index (χ3n) is 1.94. The molecule has 19 heavy (non-hydrogen) atoms. The van der Waals surface area contributed by atoms with Crippen molar-refractivity contribution < 1.29 is 19.1 Å². The van der Waals surface area contributed by atoms with Gasteiger partial charge in [-0.05, 0) is 5.41 Å². The Morgan fingerprint density at radius 1 is 1.21 bits per heavy atom. The van der Waals surface area contributed by atoms with Gasteiger partial charge in [-0.25, -0.2) is 10.2 Å². The van der Waals surface area contributed by atoms with E-state index in [0.717, 1.165) is 5.04 Å². The van der Waals surface area contributed by atoms with Gasteiger partial charge in [0, 0.05) is 12.2 Å². The molecule has 0 aliphatic heterocycles. The van der Waals surface area contributed by atoms with Crippen LogP contribution in [0.3, 0.4) is 0 Å². The zero-order valence-electron chi connectivity index (χ0n) is 12.1. The highest BCUT2D eigenvalue weighted by molar-refractivity contribution is 8.13. The van der Waals surface area contributed by atoms with Crippen LogP contribution < -0.4 is 5.43 Å². The molecule has 6 nitrogen and oxygen atoms in total. The van der Waals surface area contributed by atoms with Gasteiger partial charge in [-0.15, -0.1) is 11.8 Å². The minimum absolute atomic E-state index is 0.0366. The van der Waals surface area contributed by atoms with Crippen molar-refractivity contribution in [2.45, 2.75) is 33.6 Å². The summed E-state index contributed by atoms with van der Waals surface area (Å²) in [4.78, 5) is 22.0. The van der Waals surface area contributed by atoms with Crippen molar-refractivity contribution in [3.63, 3.8) is 0 Å². The van der Waals surface area contributed by atoms with Gasteiger partial charge in [0.15, 0.2) is 0 Å². The predicted molar refractivity (Wildman–Crippen MR) is 76.1 cm³/mol. The Morgan fingerprint density at radius 2 is 1.84 bits per heavy atom. The monoisotopic (exact) mass is 290 g/mol. The number of thioether (sulfide) groups is 1. The van der Waals surface area contributed by atoms with Gasteiger partial charge >= 0.3 is 12.1 Å². The fourth-order valence-electron chi connectivity index (χ4n) is 1.08. The van der Waals surface area contributed by atoms with E-state index in [4.69, 9.17) is 0 Å². The van der Waals surface area contributed by atoms with Crippen molar-refractivity contribution in [2.75, 3.05) is 20.0 Å². The summed E-state index contributed by atoms with van der Waals surface area (Å²) in [6.07, 6.45) is 0.394. The summed E-state index contributed by atoms with van der Waals surface area (Å²) in [5, 5.41) is 4.76. The number of hydrazone groups is 1. The van der Waals surface area contributed by atoms with E-state index in [1.165, 1.54) is 26.0 Å². The molecule has 0 aromatic heterocycles. The van der Waals surface area contributed by atoms with Gasteiger partial charge in [-0.3, -0.25) is 4.79 Å². The number of nitrogens with zero attached hydrogens (tertiary/aromatic N) is 1. The Kier molecular flexibility index (Phi) is 8.22. The van der Waals surface area contributed by atoms with Crippen molar-refractivity contribution in [1.29, 1.82) is 0 Å². The number of esters is 1. The Labute approximate surface area is 118 Å². The zero-order valence-corrected chi connectivity index (χ0v) is 12.9. The molecular formula is C12H22N2O4S. The van der Waals surface area contributed by atoms with Crippen molar-refractivity contribution in [3.05, 3.63) is 0 Å². The van der Waals surface area contributed by atoms with Crippen LogP contribution >= 0.6 is 11.8 Å². The molecule has 0 saturated carbocycles. The van der Waals surface area contributed by atoms with Gasteiger partial charge in [-0.2, -0.15) is 5.10 Å². The molecule has 0 bridgehead atoms. The van der Waals surface area contributed by atoms with Crippen LogP contribution in [0, 0.1) is 5.41 Å². The van der Waals surface area contributed by atoms with E-state index in [0.29, 0.717) is 18.6 Å². The van der Waals surface area contributed by atoms with Gasteiger partial charge in [0.2, 0.25) is 0 Å². The highest BCUT2D eigenvalue weighted by atomic mass is 32.2. The molecule has 0 aromatic carbocycles. The Morgan fingerprint density at radius 3 is 2.32 bits per heavy atom. The number of rotatable bonds is 5. The normalized spacial score (nSPS) is 11.9. The zero-order chi connectivity index (χ0) is 14.9. The number of nitrogens with one attached hydrogen (secondary N) is 1. The number of ether oxygens (including phenoxy) is 2. The second-order valence-corrected chi connectivity index (χ2v) is 6.19. The lowest BCUT2D eigenvalue weighted by atomic mass is 9.93. The topological polar surface area (TPSA) is 77.0 Å². The summed E-state index contributed by atoms with van der Waals surface area (Å²) >= 11 is 1.42. The van der Waals surface area contributed by atoms with Crippen molar-refractivity contribution in [2.24, 2.45) is 10.5 Å². The van der Waals surface area contributed by atoms with Crippen LogP contribution in [0.4, 0.5) is 4.79 Å². The lowest BCUT2D eigenvalue weighted by molar-refractivity contribution is -0.140. The Hall–Kier alpha value is -1.24. The molecule has 0 fully saturated rings. The van der Waals surface area contributed by atoms with Crippen LogP contribution in [0.25, 0.3) is 0 Å². The number of hydrogen-bond donors (Lipinski definition) is 1. The third-order valence-corrected chi connectivity index (χ3v) is 2.92. The molecule has 0 spiro atoms. The highest BCUT2D eigenvalue weighted by Gasteiger charge is 2.16. The van der Waals surface area contributed by atoms with E-state index in [1.54, 1.807) is 0 Å². The van der Waals surface area contributed by atoms with Gasteiger partial charge in [0.1, 0.15) is 0 Å². The minimum Gasteiger partial charge on any atom is -0.469 e. The molecule has 110 valence electrons. The average Bonchev–Trinajstić information content (AvgIpc) is 2.33. The molecular weight excluding hydrogens is 268 g/mol. The van der Waals surface area contributed by atoms with Crippen LogP contribution in [0.2, 0.25) is 0 Å². The van der Waals surface area contributed by atoms with Crippen molar-refractivity contribution in [1.82, 2.24) is 5.43 Å². The summed E-state index contributed by atoms with van der Waals surface area (Å²) in [6.45, 7) is 6.21. The number of methoxy groups -OCH3 is 2. The first-order chi connectivity index (χ1) is 8.78. The Bertz CT molecular complexity index is 337. The maximum absolute atomic E-state index is 11.0. The smallest absolute Gasteiger partial charge is 0.427 e. The summed E-state index contributed by atoms with van der Waals surface area (Å²) < 4.78 is 9.02. The molecule has 0 unspecified atom stereocenters. The summed E-state index contributed by atoms with van der Waals surface area (Å²) in [5.74, 6) is 0.299. The molecule has 0 aliphatic rings. The largest absolute Gasteiger partial charge is 0.469 e. The van der Waals surface area contributed by atoms with Gasteiger partial charge in [0.05, 0.1) is 25.7 Å². The highest BCUT2D eigenvalue weighted by Crippen LogP contribution is 2.24. The van der Waals surface area contributed by atoms with Crippen LogP contribution in [0.5, 0.6) is 0 Å². The number of carbonyl (C=O) groups excluding carboxylic acids is 2. The van der Waals surface area contributed by atoms with E-state index in [1.807, 2.05) is 0 Å². The van der Waals surface area contributed by atoms with Gasteiger partial charge in [-0.1, -0.05) is 20.8 Å². The van der Waals surface area contributed by atoms with Crippen LogP contribution in [-0.2, 0) is 14.3 Å². The van der Waals surface area contributed by atoms with E-state index in [9.17, 15) is 9.59 Å². The van der Waals surface area contributed by atoms with Crippen molar-refractivity contribution in [3.8, 4) is 0 Å². The lowest BCUT2D eigenvalue weighted by Crippen LogP contribution is -2.20. The molecule has 0 atom stereocenters. The fraction of sp³-hybridized carbons (Fsp3) is 0.750. The molecule has 1 N–H and O–H groups in total. The van der Waals surface area contributed by atoms with Gasteiger partial charge in [0.25, 0.3) is 0 Å². The SMILES string of the molecule is COC(=O)CCS/C(CC(C)(C)C)=N\NC(=O)OC. The van der Waals surface area contributed by atoms with E-state index >= 15 is 0 Å².